The number of hydrogen-bond donors (Lipinski definition) is 1. The SMILES string of the molecule is O=C(CCc1ccccc1)NCC1CCN(C2CCOCC2)CC1. The molecule has 0 atom stereocenters. The Morgan fingerprint density at radius 3 is 2.50 bits per heavy atom. The van der Waals surface area contributed by atoms with Crippen LogP contribution in [0, 0.1) is 5.92 Å². The minimum atomic E-state index is 0.186. The number of carbonyl (C=O) groups is 1. The number of aryl methyl sites for hydroxylation is 1. The van der Waals surface area contributed by atoms with Crippen LogP contribution in [0.2, 0.25) is 0 Å². The Bertz CT molecular complexity index is 492. The molecule has 4 heteroatoms. The van der Waals surface area contributed by atoms with Crippen LogP contribution in [-0.4, -0.2) is 49.7 Å². The molecule has 3 rings (SSSR count). The third-order valence-electron chi connectivity index (χ3n) is 5.43. The van der Waals surface area contributed by atoms with E-state index >= 15 is 0 Å². The second-order valence-electron chi connectivity index (χ2n) is 7.11. The van der Waals surface area contributed by atoms with E-state index in [1.807, 2.05) is 18.2 Å². The van der Waals surface area contributed by atoms with Crippen LogP contribution in [0.3, 0.4) is 0 Å². The highest BCUT2D eigenvalue weighted by Crippen LogP contribution is 2.22. The molecule has 1 aromatic rings. The fourth-order valence-corrected chi connectivity index (χ4v) is 3.82. The van der Waals surface area contributed by atoms with E-state index in [2.05, 4.69) is 22.3 Å². The van der Waals surface area contributed by atoms with Gasteiger partial charge in [0.1, 0.15) is 0 Å². The van der Waals surface area contributed by atoms with E-state index < -0.39 is 0 Å². The Hall–Kier alpha value is -1.39. The number of piperidine rings is 1. The first-order chi connectivity index (χ1) is 11.8. The average molecular weight is 330 g/mol. The van der Waals surface area contributed by atoms with E-state index in [0.717, 1.165) is 32.2 Å². The zero-order valence-electron chi connectivity index (χ0n) is 14.6. The predicted molar refractivity (Wildman–Crippen MR) is 95.9 cm³/mol. The standard InChI is InChI=1S/C20H30N2O2/c23-20(7-6-17-4-2-1-3-5-17)21-16-18-8-12-22(13-9-18)19-10-14-24-15-11-19/h1-5,18-19H,6-16H2,(H,21,23). The van der Waals surface area contributed by atoms with Gasteiger partial charge in [0.05, 0.1) is 0 Å². The number of rotatable bonds is 6. The van der Waals surface area contributed by atoms with Crippen molar-refractivity contribution in [3.63, 3.8) is 0 Å². The van der Waals surface area contributed by atoms with Gasteiger partial charge in [-0.2, -0.15) is 0 Å². The molecule has 0 radical (unpaired) electrons. The first kappa shape index (κ1) is 17.4. The Kier molecular flexibility index (Phi) is 6.67. The van der Waals surface area contributed by atoms with Crippen molar-refractivity contribution < 1.29 is 9.53 Å². The maximum Gasteiger partial charge on any atom is 0.220 e. The molecule has 0 aromatic heterocycles. The number of likely N-dealkylation sites (tertiary alicyclic amines) is 1. The molecule has 2 fully saturated rings. The topological polar surface area (TPSA) is 41.6 Å². The molecule has 2 saturated heterocycles. The van der Waals surface area contributed by atoms with Crippen molar-refractivity contribution in [2.75, 3.05) is 32.8 Å². The molecule has 0 bridgehead atoms. The van der Waals surface area contributed by atoms with Crippen LogP contribution < -0.4 is 5.32 Å². The van der Waals surface area contributed by atoms with Crippen molar-refractivity contribution in [2.24, 2.45) is 5.92 Å². The lowest BCUT2D eigenvalue weighted by molar-refractivity contribution is -0.121. The van der Waals surface area contributed by atoms with Gasteiger partial charge in [-0.25, -0.2) is 0 Å². The third kappa shape index (κ3) is 5.32. The molecule has 24 heavy (non-hydrogen) atoms. The lowest BCUT2D eigenvalue weighted by Gasteiger charge is -2.39. The summed E-state index contributed by atoms with van der Waals surface area (Å²) in [6, 6.07) is 11.0. The van der Waals surface area contributed by atoms with E-state index in [1.54, 1.807) is 0 Å². The summed E-state index contributed by atoms with van der Waals surface area (Å²) in [6.07, 6.45) is 6.19. The molecular weight excluding hydrogens is 300 g/mol. The minimum absolute atomic E-state index is 0.186. The number of nitrogens with one attached hydrogen (secondary N) is 1. The fourth-order valence-electron chi connectivity index (χ4n) is 3.82. The van der Waals surface area contributed by atoms with E-state index in [-0.39, 0.29) is 5.91 Å². The Balaban J connectivity index is 1.30. The summed E-state index contributed by atoms with van der Waals surface area (Å²) in [4.78, 5) is 14.7. The van der Waals surface area contributed by atoms with Crippen LogP contribution in [0.15, 0.2) is 30.3 Å². The van der Waals surface area contributed by atoms with Crippen molar-refractivity contribution >= 4 is 5.91 Å². The first-order valence-corrected chi connectivity index (χ1v) is 9.43. The van der Waals surface area contributed by atoms with Gasteiger partial charge in [0.25, 0.3) is 0 Å². The molecule has 1 amide bonds. The molecule has 0 aliphatic carbocycles. The molecular formula is C20H30N2O2. The molecule has 4 nitrogen and oxygen atoms in total. The maximum atomic E-state index is 12.0. The zero-order valence-corrected chi connectivity index (χ0v) is 14.6. The van der Waals surface area contributed by atoms with Crippen LogP contribution in [0.5, 0.6) is 0 Å². The van der Waals surface area contributed by atoms with Crippen LogP contribution in [0.1, 0.15) is 37.7 Å². The number of ether oxygens (including phenoxy) is 1. The van der Waals surface area contributed by atoms with Gasteiger partial charge < -0.3 is 15.0 Å². The summed E-state index contributed by atoms with van der Waals surface area (Å²) < 4.78 is 5.46. The van der Waals surface area contributed by atoms with Gasteiger partial charge in [-0.05, 0) is 56.7 Å². The molecule has 2 aliphatic rings. The summed E-state index contributed by atoms with van der Waals surface area (Å²) in [7, 11) is 0. The maximum absolute atomic E-state index is 12.0. The average Bonchev–Trinajstić information content (AvgIpc) is 2.67. The summed E-state index contributed by atoms with van der Waals surface area (Å²) in [5, 5.41) is 3.14. The molecule has 0 saturated carbocycles. The summed E-state index contributed by atoms with van der Waals surface area (Å²) in [5.41, 5.74) is 1.23. The first-order valence-electron chi connectivity index (χ1n) is 9.43. The summed E-state index contributed by atoms with van der Waals surface area (Å²) >= 11 is 0. The molecule has 2 heterocycles. The predicted octanol–water partition coefficient (Wildman–Crippen LogP) is 2.63. The van der Waals surface area contributed by atoms with E-state index in [0.29, 0.717) is 12.3 Å². The highest BCUT2D eigenvalue weighted by molar-refractivity contribution is 5.76. The number of hydrogen-bond acceptors (Lipinski definition) is 3. The van der Waals surface area contributed by atoms with Crippen LogP contribution in [0.4, 0.5) is 0 Å². The van der Waals surface area contributed by atoms with Gasteiger partial charge in [-0.1, -0.05) is 30.3 Å². The molecule has 1 N–H and O–H groups in total. The number of carbonyl (C=O) groups excluding carboxylic acids is 1. The van der Waals surface area contributed by atoms with Crippen LogP contribution >= 0.6 is 0 Å². The van der Waals surface area contributed by atoms with Crippen molar-refractivity contribution in [2.45, 2.75) is 44.6 Å². The van der Waals surface area contributed by atoms with Gasteiger partial charge in [0, 0.05) is 32.2 Å². The third-order valence-corrected chi connectivity index (χ3v) is 5.43. The van der Waals surface area contributed by atoms with Gasteiger partial charge in [0.15, 0.2) is 0 Å². The lowest BCUT2D eigenvalue weighted by Crippen LogP contribution is -2.45. The number of amides is 1. The smallest absolute Gasteiger partial charge is 0.220 e. The largest absolute Gasteiger partial charge is 0.381 e. The highest BCUT2D eigenvalue weighted by atomic mass is 16.5. The Morgan fingerprint density at radius 1 is 1.08 bits per heavy atom. The minimum Gasteiger partial charge on any atom is -0.381 e. The molecule has 1 aromatic carbocycles. The van der Waals surface area contributed by atoms with Crippen LogP contribution in [0.25, 0.3) is 0 Å². The van der Waals surface area contributed by atoms with Gasteiger partial charge >= 0.3 is 0 Å². The second-order valence-corrected chi connectivity index (χ2v) is 7.11. The quantitative estimate of drug-likeness (QED) is 0.872. The molecule has 2 aliphatic heterocycles. The second kappa shape index (κ2) is 9.19. The molecule has 0 spiro atoms. The van der Waals surface area contributed by atoms with Crippen molar-refractivity contribution in [3.8, 4) is 0 Å². The van der Waals surface area contributed by atoms with Gasteiger partial charge in [-0.3, -0.25) is 4.79 Å². The van der Waals surface area contributed by atoms with Gasteiger partial charge in [0.2, 0.25) is 5.91 Å². The molecule has 132 valence electrons. The van der Waals surface area contributed by atoms with Crippen LogP contribution in [-0.2, 0) is 16.0 Å². The van der Waals surface area contributed by atoms with Crippen molar-refractivity contribution in [1.29, 1.82) is 0 Å². The van der Waals surface area contributed by atoms with Crippen molar-refractivity contribution in [1.82, 2.24) is 10.2 Å². The summed E-state index contributed by atoms with van der Waals surface area (Å²) in [5.74, 6) is 0.826. The highest BCUT2D eigenvalue weighted by Gasteiger charge is 2.26. The Morgan fingerprint density at radius 2 is 1.79 bits per heavy atom. The normalized spacial score (nSPS) is 20.8. The number of benzene rings is 1. The van der Waals surface area contributed by atoms with Crippen molar-refractivity contribution in [3.05, 3.63) is 35.9 Å². The Labute approximate surface area is 145 Å². The molecule has 0 unspecified atom stereocenters. The van der Waals surface area contributed by atoms with E-state index in [4.69, 9.17) is 4.74 Å². The van der Waals surface area contributed by atoms with Gasteiger partial charge in [-0.15, -0.1) is 0 Å². The fraction of sp³-hybridized carbons (Fsp3) is 0.650. The summed E-state index contributed by atoms with van der Waals surface area (Å²) in [6.45, 7) is 5.03. The lowest BCUT2D eigenvalue weighted by atomic mass is 9.94. The van der Waals surface area contributed by atoms with E-state index in [9.17, 15) is 4.79 Å². The van der Waals surface area contributed by atoms with E-state index in [1.165, 1.54) is 44.3 Å². The zero-order chi connectivity index (χ0) is 16.6. The monoisotopic (exact) mass is 330 g/mol. The number of nitrogens with zero attached hydrogens (tertiary/aromatic N) is 1.